The zero-order chi connectivity index (χ0) is 27.5. The molecule has 9 nitrogen and oxygen atoms in total. The summed E-state index contributed by atoms with van der Waals surface area (Å²) in [5.74, 6) is -0.857. The first kappa shape index (κ1) is 27.8. The molecule has 1 amide bonds. The standard InChI is InChI=1S/C27H30Cl2N6O3S/c1-2-20-4-3-7-35(20)15-22-24(17-10-18(28)12-19(29)11-17)32-27(39-22)33-25(36)21-13-31-23(14-30-21)34-8-5-16(6-9-34)26(37)38/h10-14,16,20H,2-9,15H2,1H3,(H,37,38)(H,32,33,36)/t20-/m1/s1. The maximum atomic E-state index is 13.0. The van der Waals surface area contributed by atoms with Crippen LogP contribution in [-0.2, 0) is 11.3 Å². The van der Waals surface area contributed by atoms with Crippen molar-refractivity contribution < 1.29 is 14.7 Å². The molecule has 0 bridgehead atoms. The summed E-state index contributed by atoms with van der Waals surface area (Å²) in [7, 11) is 0. The van der Waals surface area contributed by atoms with Crippen LogP contribution in [0.25, 0.3) is 11.3 Å². The van der Waals surface area contributed by atoms with Gasteiger partial charge in [-0.2, -0.15) is 0 Å². The molecule has 2 saturated heterocycles. The molecule has 5 rings (SSSR count). The largest absolute Gasteiger partial charge is 0.481 e. The van der Waals surface area contributed by atoms with E-state index in [1.807, 2.05) is 17.0 Å². The van der Waals surface area contributed by atoms with Gasteiger partial charge in [-0.15, -0.1) is 0 Å². The van der Waals surface area contributed by atoms with Crippen molar-refractivity contribution in [2.24, 2.45) is 5.92 Å². The molecule has 0 radical (unpaired) electrons. The van der Waals surface area contributed by atoms with Gasteiger partial charge in [0.05, 0.1) is 24.0 Å². The van der Waals surface area contributed by atoms with Crippen LogP contribution in [-0.4, -0.2) is 62.5 Å². The second-order valence-corrected chi connectivity index (χ2v) is 11.9. The number of aromatic nitrogens is 3. The lowest BCUT2D eigenvalue weighted by Crippen LogP contribution is -2.36. The first-order chi connectivity index (χ1) is 18.8. The number of anilines is 2. The number of nitrogens with zero attached hydrogens (tertiary/aromatic N) is 5. The lowest BCUT2D eigenvalue weighted by molar-refractivity contribution is -0.142. The van der Waals surface area contributed by atoms with Crippen LogP contribution < -0.4 is 10.2 Å². The van der Waals surface area contributed by atoms with E-state index >= 15 is 0 Å². The number of rotatable bonds is 8. The molecule has 2 aliphatic heterocycles. The van der Waals surface area contributed by atoms with Crippen molar-refractivity contribution in [2.75, 3.05) is 29.9 Å². The summed E-state index contributed by atoms with van der Waals surface area (Å²) >= 11 is 14.0. The number of hydrogen-bond donors (Lipinski definition) is 2. The number of halogens is 2. The number of carbonyl (C=O) groups excluding carboxylic acids is 1. The smallest absolute Gasteiger partial charge is 0.306 e. The number of carbonyl (C=O) groups is 2. The van der Waals surface area contributed by atoms with E-state index in [-0.39, 0.29) is 11.6 Å². The number of amides is 1. The molecule has 0 saturated carbocycles. The topological polar surface area (TPSA) is 112 Å². The molecule has 2 fully saturated rings. The summed E-state index contributed by atoms with van der Waals surface area (Å²) in [6.45, 7) is 5.15. The second-order valence-electron chi connectivity index (χ2n) is 9.94. The van der Waals surface area contributed by atoms with Crippen molar-refractivity contribution in [3.63, 3.8) is 0 Å². The van der Waals surface area contributed by atoms with E-state index in [2.05, 4.69) is 27.1 Å². The highest BCUT2D eigenvalue weighted by Crippen LogP contribution is 2.36. The van der Waals surface area contributed by atoms with Gasteiger partial charge in [-0.1, -0.05) is 41.5 Å². The van der Waals surface area contributed by atoms with Crippen LogP contribution in [0.5, 0.6) is 0 Å². The number of carboxylic acids is 1. The molecule has 2 N–H and O–H groups in total. The monoisotopic (exact) mass is 588 g/mol. The fourth-order valence-corrected chi connectivity index (χ4v) is 6.83. The Morgan fingerprint density at radius 1 is 1.08 bits per heavy atom. The van der Waals surface area contributed by atoms with Gasteiger partial charge < -0.3 is 10.0 Å². The summed E-state index contributed by atoms with van der Waals surface area (Å²) in [5, 5.41) is 13.6. The van der Waals surface area contributed by atoms with E-state index < -0.39 is 11.9 Å². The Bertz CT molecular complexity index is 1320. The lowest BCUT2D eigenvalue weighted by Gasteiger charge is -2.30. The van der Waals surface area contributed by atoms with Gasteiger partial charge in [0.1, 0.15) is 11.5 Å². The van der Waals surface area contributed by atoms with Gasteiger partial charge in [0.15, 0.2) is 5.13 Å². The zero-order valence-corrected chi connectivity index (χ0v) is 23.9. The Morgan fingerprint density at radius 3 is 2.46 bits per heavy atom. The SMILES string of the molecule is CC[C@@H]1CCCN1Cc1sc(NC(=O)c2cnc(N3CCC(C(=O)O)CC3)cn2)nc1-c1cc(Cl)cc(Cl)c1. The molecule has 1 atom stereocenters. The fraction of sp³-hybridized carbons (Fsp3) is 0.444. The van der Waals surface area contributed by atoms with Gasteiger partial charge in [0, 0.05) is 46.2 Å². The van der Waals surface area contributed by atoms with Crippen molar-refractivity contribution in [1.29, 1.82) is 0 Å². The van der Waals surface area contributed by atoms with Gasteiger partial charge in [-0.3, -0.25) is 19.8 Å². The molecule has 39 heavy (non-hydrogen) atoms. The molecule has 1 aromatic carbocycles. The third-order valence-corrected chi connectivity index (χ3v) is 8.80. The number of aliphatic carboxylic acids is 1. The van der Waals surface area contributed by atoms with Gasteiger partial charge in [-0.25, -0.2) is 15.0 Å². The van der Waals surface area contributed by atoms with Crippen LogP contribution in [0.4, 0.5) is 10.9 Å². The summed E-state index contributed by atoms with van der Waals surface area (Å²) in [4.78, 5) is 43.3. The van der Waals surface area contributed by atoms with Crippen LogP contribution >= 0.6 is 34.5 Å². The molecular formula is C27H30Cl2N6O3S. The molecule has 2 aromatic heterocycles. The number of carboxylic acid groups (broad SMARTS) is 1. The van der Waals surface area contributed by atoms with Crippen molar-refractivity contribution >= 4 is 57.4 Å². The third-order valence-electron chi connectivity index (χ3n) is 7.41. The molecule has 206 valence electrons. The van der Waals surface area contributed by atoms with E-state index in [0.29, 0.717) is 53.0 Å². The van der Waals surface area contributed by atoms with Crippen molar-refractivity contribution in [2.45, 2.75) is 51.6 Å². The number of nitrogens with one attached hydrogen (secondary N) is 1. The molecule has 0 aliphatic carbocycles. The highest BCUT2D eigenvalue weighted by Gasteiger charge is 2.27. The third kappa shape index (κ3) is 6.51. The predicted octanol–water partition coefficient (Wildman–Crippen LogP) is 5.83. The minimum atomic E-state index is -0.759. The molecule has 2 aliphatic rings. The summed E-state index contributed by atoms with van der Waals surface area (Å²) in [6.07, 6.45) is 7.56. The number of likely N-dealkylation sites (tertiary alicyclic amines) is 1. The van der Waals surface area contributed by atoms with Crippen LogP contribution in [0.1, 0.15) is 54.4 Å². The highest BCUT2D eigenvalue weighted by atomic mass is 35.5. The Balaban J connectivity index is 1.33. The number of piperidine rings is 1. The van der Waals surface area contributed by atoms with E-state index in [1.165, 1.54) is 30.4 Å². The summed E-state index contributed by atoms with van der Waals surface area (Å²) in [6, 6.07) is 5.89. The van der Waals surface area contributed by atoms with Crippen molar-refractivity contribution in [1.82, 2.24) is 19.9 Å². The molecule has 3 aromatic rings. The van der Waals surface area contributed by atoms with E-state index in [0.717, 1.165) is 35.6 Å². The quantitative estimate of drug-likeness (QED) is 0.338. The molecule has 12 heteroatoms. The second kappa shape index (κ2) is 12.2. The maximum absolute atomic E-state index is 13.0. The van der Waals surface area contributed by atoms with Gasteiger partial charge in [0.25, 0.3) is 5.91 Å². The van der Waals surface area contributed by atoms with E-state index in [9.17, 15) is 14.7 Å². The van der Waals surface area contributed by atoms with Gasteiger partial charge in [0.2, 0.25) is 0 Å². The average Bonchev–Trinajstić information content (AvgIpc) is 3.54. The average molecular weight is 590 g/mol. The Morgan fingerprint density at radius 2 is 1.82 bits per heavy atom. The molecular weight excluding hydrogens is 559 g/mol. The minimum Gasteiger partial charge on any atom is -0.481 e. The lowest BCUT2D eigenvalue weighted by atomic mass is 9.97. The molecule has 0 spiro atoms. The fourth-order valence-electron chi connectivity index (χ4n) is 5.30. The van der Waals surface area contributed by atoms with Crippen LogP contribution in [0.3, 0.4) is 0 Å². The zero-order valence-electron chi connectivity index (χ0n) is 21.6. The van der Waals surface area contributed by atoms with E-state index in [4.69, 9.17) is 28.2 Å². The highest BCUT2D eigenvalue weighted by molar-refractivity contribution is 7.16. The first-order valence-corrected chi connectivity index (χ1v) is 14.7. The Kier molecular flexibility index (Phi) is 8.66. The predicted molar refractivity (Wildman–Crippen MR) is 154 cm³/mol. The number of hydrogen-bond acceptors (Lipinski definition) is 8. The normalized spacial score (nSPS) is 18.4. The Hall–Kier alpha value is -2.79. The van der Waals surface area contributed by atoms with Crippen molar-refractivity contribution in [3.05, 3.63) is 51.2 Å². The van der Waals surface area contributed by atoms with Gasteiger partial charge >= 0.3 is 5.97 Å². The summed E-state index contributed by atoms with van der Waals surface area (Å²) in [5.41, 5.74) is 1.74. The summed E-state index contributed by atoms with van der Waals surface area (Å²) < 4.78 is 0. The molecule has 4 heterocycles. The Labute approximate surface area is 241 Å². The van der Waals surface area contributed by atoms with Crippen LogP contribution in [0.15, 0.2) is 30.6 Å². The van der Waals surface area contributed by atoms with Gasteiger partial charge in [-0.05, 0) is 56.8 Å². The van der Waals surface area contributed by atoms with Crippen molar-refractivity contribution in [3.8, 4) is 11.3 Å². The van der Waals surface area contributed by atoms with E-state index in [1.54, 1.807) is 12.3 Å². The molecule has 0 unspecified atom stereocenters. The number of benzene rings is 1. The van der Waals surface area contributed by atoms with Crippen LogP contribution in [0, 0.1) is 5.92 Å². The van der Waals surface area contributed by atoms with Crippen LogP contribution in [0.2, 0.25) is 10.0 Å². The maximum Gasteiger partial charge on any atom is 0.306 e. The number of thiazole rings is 1. The first-order valence-electron chi connectivity index (χ1n) is 13.1. The minimum absolute atomic E-state index is 0.175.